The highest BCUT2D eigenvalue weighted by Crippen LogP contribution is 2.51. The van der Waals surface area contributed by atoms with E-state index in [2.05, 4.69) is 44.2 Å². The Morgan fingerprint density at radius 1 is 1.47 bits per heavy atom. The maximum Gasteiger partial charge on any atom is 0.108 e. The third kappa shape index (κ3) is 2.84. The van der Waals surface area contributed by atoms with Crippen molar-refractivity contribution in [2.45, 2.75) is 49.2 Å². The number of rotatable bonds is 4. The molecule has 0 atom stereocenters. The predicted molar refractivity (Wildman–Crippen MR) is 73.0 cm³/mol. The summed E-state index contributed by atoms with van der Waals surface area (Å²) in [6.07, 6.45) is 4.64. The van der Waals surface area contributed by atoms with Crippen LogP contribution in [0, 0.1) is 24.2 Å². The standard InChI is InChI=1S/C15H19NS/c1-3-5-13-9-15(10-13,11-16)17-14-7-4-6-12(2)8-14/h4,6-8,13H,3,5,9-10H2,1-2H3. The minimum atomic E-state index is -0.145. The molecule has 1 aliphatic carbocycles. The van der Waals surface area contributed by atoms with Gasteiger partial charge in [-0.05, 0) is 37.8 Å². The van der Waals surface area contributed by atoms with Gasteiger partial charge in [0.15, 0.2) is 0 Å². The summed E-state index contributed by atoms with van der Waals surface area (Å²) in [7, 11) is 0. The predicted octanol–water partition coefficient (Wildman–Crippen LogP) is 4.56. The van der Waals surface area contributed by atoms with Gasteiger partial charge >= 0.3 is 0 Å². The van der Waals surface area contributed by atoms with Crippen molar-refractivity contribution < 1.29 is 0 Å². The summed E-state index contributed by atoms with van der Waals surface area (Å²) >= 11 is 1.76. The highest BCUT2D eigenvalue weighted by atomic mass is 32.2. The molecule has 0 aromatic heterocycles. The maximum absolute atomic E-state index is 9.38. The summed E-state index contributed by atoms with van der Waals surface area (Å²) < 4.78 is -0.145. The van der Waals surface area contributed by atoms with Gasteiger partial charge in [0.2, 0.25) is 0 Å². The monoisotopic (exact) mass is 245 g/mol. The van der Waals surface area contributed by atoms with Crippen LogP contribution in [0.4, 0.5) is 0 Å². The molecule has 0 saturated heterocycles. The van der Waals surface area contributed by atoms with E-state index in [0.717, 1.165) is 18.8 Å². The first-order chi connectivity index (χ1) is 8.17. The largest absolute Gasteiger partial charge is 0.197 e. The maximum atomic E-state index is 9.38. The summed E-state index contributed by atoms with van der Waals surface area (Å²) in [5.74, 6) is 0.775. The van der Waals surface area contributed by atoms with Crippen LogP contribution in [0.25, 0.3) is 0 Å². The fourth-order valence-electron chi connectivity index (χ4n) is 2.59. The van der Waals surface area contributed by atoms with Crippen LogP contribution in [0.2, 0.25) is 0 Å². The zero-order valence-electron chi connectivity index (χ0n) is 10.6. The fraction of sp³-hybridized carbons (Fsp3) is 0.533. The van der Waals surface area contributed by atoms with Gasteiger partial charge in [0.25, 0.3) is 0 Å². The van der Waals surface area contributed by atoms with Gasteiger partial charge < -0.3 is 0 Å². The van der Waals surface area contributed by atoms with E-state index in [1.54, 1.807) is 11.8 Å². The van der Waals surface area contributed by atoms with Crippen LogP contribution < -0.4 is 0 Å². The third-order valence-corrected chi connectivity index (χ3v) is 4.75. The van der Waals surface area contributed by atoms with E-state index in [0.29, 0.717) is 0 Å². The van der Waals surface area contributed by atoms with Crippen molar-refractivity contribution in [2.75, 3.05) is 0 Å². The Morgan fingerprint density at radius 3 is 2.82 bits per heavy atom. The third-order valence-electron chi connectivity index (χ3n) is 3.44. The molecule has 0 amide bonds. The van der Waals surface area contributed by atoms with E-state index in [4.69, 9.17) is 0 Å². The molecule has 0 N–H and O–H groups in total. The Morgan fingerprint density at radius 2 is 2.24 bits per heavy atom. The molecule has 0 spiro atoms. The smallest absolute Gasteiger partial charge is 0.108 e. The molecule has 1 aromatic carbocycles. The second-order valence-corrected chi connectivity index (χ2v) is 6.54. The normalized spacial score (nSPS) is 27.2. The van der Waals surface area contributed by atoms with Crippen molar-refractivity contribution in [1.29, 1.82) is 5.26 Å². The van der Waals surface area contributed by atoms with Crippen molar-refractivity contribution in [2.24, 2.45) is 5.92 Å². The Bertz CT molecular complexity index is 427. The Kier molecular flexibility index (Phi) is 3.79. The first kappa shape index (κ1) is 12.5. The van der Waals surface area contributed by atoms with Crippen LogP contribution in [0.5, 0.6) is 0 Å². The Hall–Kier alpha value is -0.940. The second kappa shape index (κ2) is 5.14. The molecule has 17 heavy (non-hydrogen) atoms. The highest BCUT2D eigenvalue weighted by molar-refractivity contribution is 8.01. The lowest BCUT2D eigenvalue weighted by Crippen LogP contribution is -2.39. The topological polar surface area (TPSA) is 23.8 Å². The first-order valence-corrected chi connectivity index (χ1v) is 7.16. The zero-order valence-corrected chi connectivity index (χ0v) is 11.4. The minimum absolute atomic E-state index is 0.145. The molecular formula is C15H19NS. The van der Waals surface area contributed by atoms with Gasteiger partial charge in [0, 0.05) is 4.90 Å². The molecule has 0 bridgehead atoms. The minimum Gasteiger partial charge on any atom is -0.197 e. The van der Waals surface area contributed by atoms with Gasteiger partial charge in [-0.25, -0.2) is 0 Å². The van der Waals surface area contributed by atoms with E-state index < -0.39 is 0 Å². The van der Waals surface area contributed by atoms with E-state index in [9.17, 15) is 5.26 Å². The van der Waals surface area contributed by atoms with Crippen molar-refractivity contribution in [3.63, 3.8) is 0 Å². The molecule has 0 heterocycles. The van der Waals surface area contributed by atoms with Crippen LogP contribution in [0.1, 0.15) is 38.2 Å². The quantitative estimate of drug-likeness (QED) is 0.776. The lowest BCUT2D eigenvalue weighted by Gasteiger charge is -2.42. The first-order valence-electron chi connectivity index (χ1n) is 6.34. The lowest BCUT2D eigenvalue weighted by molar-refractivity contribution is 0.258. The highest BCUT2D eigenvalue weighted by Gasteiger charge is 2.44. The molecule has 1 nitrogen and oxygen atoms in total. The molecule has 90 valence electrons. The number of nitriles is 1. The van der Waals surface area contributed by atoms with Crippen molar-refractivity contribution in [3.05, 3.63) is 29.8 Å². The van der Waals surface area contributed by atoms with Gasteiger partial charge in [-0.3, -0.25) is 0 Å². The molecular weight excluding hydrogens is 226 g/mol. The van der Waals surface area contributed by atoms with Crippen molar-refractivity contribution in [1.82, 2.24) is 0 Å². The van der Waals surface area contributed by atoms with Crippen LogP contribution in [0.3, 0.4) is 0 Å². The van der Waals surface area contributed by atoms with E-state index >= 15 is 0 Å². The number of thioether (sulfide) groups is 1. The van der Waals surface area contributed by atoms with Crippen LogP contribution in [-0.2, 0) is 0 Å². The molecule has 1 aromatic rings. The number of aryl methyl sites for hydroxylation is 1. The zero-order chi connectivity index (χ0) is 12.3. The molecule has 2 rings (SSSR count). The van der Waals surface area contributed by atoms with E-state index in [-0.39, 0.29) is 4.75 Å². The molecule has 1 aliphatic rings. The molecule has 0 aliphatic heterocycles. The van der Waals surface area contributed by atoms with Gasteiger partial charge in [0.05, 0.1) is 6.07 Å². The van der Waals surface area contributed by atoms with Crippen molar-refractivity contribution >= 4 is 11.8 Å². The summed E-state index contributed by atoms with van der Waals surface area (Å²) in [4.78, 5) is 1.24. The second-order valence-electron chi connectivity index (χ2n) is 5.09. The number of benzene rings is 1. The summed E-state index contributed by atoms with van der Waals surface area (Å²) in [5.41, 5.74) is 1.27. The van der Waals surface area contributed by atoms with Crippen LogP contribution in [0.15, 0.2) is 29.2 Å². The molecule has 1 fully saturated rings. The van der Waals surface area contributed by atoms with Gasteiger partial charge in [-0.2, -0.15) is 5.26 Å². The SMILES string of the molecule is CCCC1CC(C#N)(Sc2cccc(C)c2)C1. The van der Waals surface area contributed by atoms with E-state index in [1.807, 2.05) is 0 Å². The summed E-state index contributed by atoms with van der Waals surface area (Å²) in [6.45, 7) is 4.32. The molecule has 0 unspecified atom stereocenters. The van der Waals surface area contributed by atoms with Crippen LogP contribution >= 0.6 is 11.8 Å². The Balaban J connectivity index is 2.01. The number of hydrogen-bond acceptors (Lipinski definition) is 2. The van der Waals surface area contributed by atoms with Gasteiger partial charge in [-0.15, -0.1) is 11.8 Å². The van der Waals surface area contributed by atoms with E-state index in [1.165, 1.54) is 23.3 Å². The molecule has 1 saturated carbocycles. The Labute approximate surface area is 108 Å². The summed E-state index contributed by atoms with van der Waals surface area (Å²) in [5, 5.41) is 9.38. The fourth-order valence-corrected chi connectivity index (χ4v) is 4.11. The lowest BCUT2D eigenvalue weighted by atomic mass is 9.73. The summed E-state index contributed by atoms with van der Waals surface area (Å²) in [6, 6.07) is 11.0. The number of nitrogens with zero attached hydrogens (tertiary/aromatic N) is 1. The molecule has 0 radical (unpaired) electrons. The van der Waals surface area contributed by atoms with Gasteiger partial charge in [-0.1, -0.05) is 37.5 Å². The molecule has 2 heteroatoms. The van der Waals surface area contributed by atoms with Crippen molar-refractivity contribution in [3.8, 4) is 6.07 Å². The average molecular weight is 245 g/mol. The van der Waals surface area contributed by atoms with Crippen LogP contribution in [-0.4, -0.2) is 4.75 Å². The average Bonchev–Trinajstić information content (AvgIpc) is 2.26. The number of hydrogen-bond donors (Lipinski definition) is 0. The van der Waals surface area contributed by atoms with Gasteiger partial charge in [0.1, 0.15) is 4.75 Å².